The molecule has 2 aromatic carbocycles. The summed E-state index contributed by atoms with van der Waals surface area (Å²) >= 11 is 0. The summed E-state index contributed by atoms with van der Waals surface area (Å²) in [6.45, 7) is 7.96. The molecule has 2 aliphatic rings. The molecule has 2 atom stereocenters. The summed E-state index contributed by atoms with van der Waals surface area (Å²) in [6.07, 6.45) is 4.56. The Morgan fingerprint density at radius 3 is 2.39 bits per heavy atom. The second kappa shape index (κ2) is 11.1. The molecule has 1 unspecified atom stereocenters. The van der Waals surface area contributed by atoms with E-state index in [1.54, 1.807) is 19.1 Å². The molecule has 0 radical (unpaired) electrons. The van der Waals surface area contributed by atoms with Gasteiger partial charge in [0.05, 0.1) is 29.8 Å². The molecule has 4 rings (SSSR count). The maximum absolute atomic E-state index is 12.7. The minimum atomic E-state index is -0.735. The lowest BCUT2D eigenvalue weighted by Gasteiger charge is -2.53. The molecular weight excluding hydrogens is 448 g/mol. The zero-order valence-electron chi connectivity index (χ0n) is 21.4. The number of rotatable bonds is 8. The quantitative estimate of drug-likeness (QED) is 0.498. The van der Waals surface area contributed by atoms with Gasteiger partial charge in [0, 0.05) is 20.0 Å². The number of hydrogen-bond acceptors (Lipinski definition) is 5. The summed E-state index contributed by atoms with van der Waals surface area (Å²) in [5.41, 5.74) is 0.419. The van der Waals surface area contributed by atoms with Crippen molar-refractivity contribution >= 4 is 5.91 Å². The van der Waals surface area contributed by atoms with Crippen molar-refractivity contribution in [2.75, 3.05) is 32.8 Å². The van der Waals surface area contributed by atoms with Gasteiger partial charge in [0.25, 0.3) is 0 Å². The Bertz CT molecular complexity index is 1110. The Balaban J connectivity index is 1.42. The Morgan fingerprint density at radius 2 is 1.78 bits per heavy atom. The van der Waals surface area contributed by atoms with E-state index in [0.29, 0.717) is 12.2 Å². The number of ether oxygens (including phenoxy) is 1. The molecule has 36 heavy (non-hydrogen) atoms. The van der Waals surface area contributed by atoms with Crippen LogP contribution in [0.1, 0.15) is 57.1 Å². The fourth-order valence-corrected chi connectivity index (χ4v) is 6.54. The summed E-state index contributed by atoms with van der Waals surface area (Å²) in [5, 5.41) is 19.8. The van der Waals surface area contributed by atoms with Crippen LogP contribution in [0.4, 0.5) is 0 Å². The van der Waals surface area contributed by atoms with E-state index in [4.69, 9.17) is 10.00 Å². The molecule has 6 heteroatoms. The third kappa shape index (κ3) is 4.84. The van der Waals surface area contributed by atoms with E-state index in [9.17, 15) is 10.1 Å². The number of carbonyl (C=O) groups excluding carboxylic acids is 1. The lowest BCUT2D eigenvalue weighted by molar-refractivity contribution is -0.135. The first-order valence-corrected chi connectivity index (χ1v) is 13.0. The predicted molar refractivity (Wildman–Crippen MR) is 139 cm³/mol. The average Bonchev–Trinajstić information content (AvgIpc) is 3.32. The van der Waals surface area contributed by atoms with Crippen molar-refractivity contribution in [1.82, 2.24) is 9.80 Å². The van der Waals surface area contributed by atoms with Gasteiger partial charge in [0.1, 0.15) is 11.2 Å². The van der Waals surface area contributed by atoms with Gasteiger partial charge in [0.2, 0.25) is 5.91 Å². The number of benzene rings is 2. The van der Waals surface area contributed by atoms with Gasteiger partial charge in [-0.2, -0.15) is 10.5 Å². The Labute approximate surface area is 215 Å². The highest BCUT2D eigenvalue weighted by Gasteiger charge is 2.59. The Hall–Kier alpha value is -3.35. The first-order chi connectivity index (χ1) is 17.4. The van der Waals surface area contributed by atoms with Crippen LogP contribution in [-0.4, -0.2) is 54.0 Å². The minimum absolute atomic E-state index is 0.0604. The van der Waals surface area contributed by atoms with E-state index in [0.717, 1.165) is 69.6 Å². The van der Waals surface area contributed by atoms with Crippen molar-refractivity contribution in [3.63, 3.8) is 0 Å². The molecule has 6 nitrogen and oxygen atoms in total. The van der Waals surface area contributed by atoms with Crippen LogP contribution in [0, 0.1) is 28.6 Å². The Morgan fingerprint density at radius 1 is 1.08 bits per heavy atom. The van der Waals surface area contributed by atoms with Gasteiger partial charge in [-0.05, 0) is 87.9 Å². The highest BCUT2D eigenvalue weighted by Crippen LogP contribution is 2.52. The number of nitrogens with zero attached hydrogens (tertiary/aromatic N) is 4. The van der Waals surface area contributed by atoms with E-state index >= 15 is 0 Å². The largest absolute Gasteiger partial charge is 0.494 e. The smallest absolute Gasteiger partial charge is 0.219 e. The van der Waals surface area contributed by atoms with Crippen molar-refractivity contribution in [3.05, 3.63) is 65.7 Å². The monoisotopic (exact) mass is 484 g/mol. The zero-order valence-corrected chi connectivity index (χ0v) is 21.4. The fraction of sp³-hybridized carbons (Fsp3) is 0.500. The summed E-state index contributed by atoms with van der Waals surface area (Å²) < 4.78 is 5.85. The van der Waals surface area contributed by atoms with Crippen LogP contribution in [0.15, 0.2) is 54.6 Å². The van der Waals surface area contributed by atoms with Gasteiger partial charge >= 0.3 is 0 Å². The van der Waals surface area contributed by atoms with Crippen LogP contribution in [0.2, 0.25) is 0 Å². The Kier molecular flexibility index (Phi) is 7.97. The second-order valence-corrected chi connectivity index (χ2v) is 10.3. The standard InChI is InChI=1S/C30H36N4O2/c1-24(35)34-18-6-16-29(34,2)30(23-32,26-8-4-3-5-9-26)27-14-19-33(20-15-27)17-7-21-36-28-12-10-25(22-31)11-13-28/h3-5,8-13,27H,6-7,14-21H2,1-2H3/t29-,30?/m0/s1. The molecule has 2 aromatic rings. The van der Waals surface area contributed by atoms with E-state index in [1.165, 1.54) is 0 Å². The van der Waals surface area contributed by atoms with Crippen molar-refractivity contribution in [2.45, 2.75) is 56.9 Å². The zero-order chi connectivity index (χ0) is 25.6. The molecule has 1 amide bonds. The van der Waals surface area contributed by atoms with E-state index < -0.39 is 11.0 Å². The lowest BCUT2D eigenvalue weighted by Crippen LogP contribution is -2.62. The van der Waals surface area contributed by atoms with Gasteiger partial charge in [0.15, 0.2) is 0 Å². The lowest BCUT2D eigenvalue weighted by atomic mass is 9.56. The second-order valence-electron chi connectivity index (χ2n) is 10.3. The maximum Gasteiger partial charge on any atom is 0.219 e. The molecule has 2 heterocycles. The molecule has 0 aliphatic carbocycles. The topological polar surface area (TPSA) is 80.4 Å². The number of amides is 1. The van der Waals surface area contributed by atoms with Crippen LogP contribution in [-0.2, 0) is 10.2 Å². The maximum atomic E-state index is 12.7. The third-order valence-electron chi connectivity index (χ3n) is 8.35. The van der Waals surface area contributed by atoms with Gasteiger partial charge in [-0.3, -0.25) is 4.79 Å². The number of likely N-dealkylation sites (tertiary alicyclic amines) is 2. The number of nitriles is 2. The van der Waals surface area contributed by atoms with E-state index in [-0.39, 0.29) is 11.8 Å². The molecule has 0 saturated carbocycles. The summed E-state index contributed by atoms with van der Waals surface area (Å²) in [6, 6.07) is 22.3. The summed E-state index contributed by atoms with van der Waals surface area (Å²) in [7, 11) is 0. The molecule has 0 N–H and O–H groups in total. The highest BCUT2D eigenvalue weighted by atomic mass is 16.5. The molecule has 188 valence electrons. The SMILES string of the molecule is CC(=O)N1CCC[C@@]1(C)C(C#N)(c1ccccc1)C1CCN(CCCOc2ccc(C#N)cc2)CC1. The van der Waals surface area contributed by atoms with Crippen molar-refractivity contribution in [3.8, 4) is 17.9 Å². The molecular formula is C30H36N4O2. The van der Waals surface area contributed by atoms with Crippen LogP contribution in [0.25, 0.3) is 0 Å². The summed E-state index contributed by atoms with van der Waals surface area (Å²) in [5.74, 6) is 1.03. The first kappa shape index (κ1) is 25.7. The van der Waals surface area contributed by atoms with Crippen LogP contribution in [0.5, 0.6) is 5.75 Å². The number of carbonyl (C=O) groups is 1. The highest BCUT2D eigenvalue weighted by molar-refractivity contribution is 5.75. The number of hydrogen-bond donors (Lipinski definition) is 0. The van der Waals surface area contributed by atoms with Gasteiger partial charge in [-0.25, -0.2) is 0 Å². The van der Waals surface area contributed by atoms with Crippen LogP contribution in [0.3, 0.4) is 0 Å². The van der Waals surface area contributed by atoms with Crippen LogP contribution >= 0.6 is 0 Å². The van der Waals surface area contributed by atoms with Crippen LogP contribution < -0.4 is 4.74 Å². The summed E-state index contributed by atoms with van der Waals surface area (Å²) in [4.78, 5) is 17.1. The van der Waals surface area contributed by atoms with Crippen molar-refractivity contribution < 1.29 is 9.53 Å². The minimum Gasteiger partial charge on any atom is -0.494 e. The van der Waals surface area contributed by atoms with Gasteiger partial charge < -0.3 is 14.5 Å². The third-order valence-corrected chi connectivity index (χ3v) is 8.35. The van der Waals surface area contributed by atoms with Crippen molar-refractivity contribution in [2.24, 2.45) is 5.92 Å². The average molecular weight is 485 g/mol. The van der Waals surface area contributed by atoms with Gasteiger partial charge in [-0.1, -0.05) is 30.3 Å². The molecule has 2 fully saturated rings. The van der Waals surface area contributed by atoms with E-state index in [1.807, 2.05) is 35.2 Å². The number of piperidine rings is 1. The van der Waals surface area contributed by atoms with Gasteiger partial charge in [-0.15, -0.1) is 0 Å². The molecule has 0 spiro atoms. The van der Waals surface area contributed by atoms with Crippen molar-refractivity contribution in [1.29, 1.82) is 10.5 Å². The predicted octanol–water partition coefficient (Wildman–Crippen LogP) is 4.90. The fourth-order valence-electron chi connectivity index (χ4n) is 6.54. The molecule has 0 aromatic heterocycles. The molecule has 0 bridgehead atoms. The molecule has 2 aliphatic heterocycles. The molecule has 2 saturated heterocycles. The first-order valence-electron chi connectivity index (χ1n) is 13.0. The van der Waals surface area contributed by atoms with E-state index in [2.05, 4.69) is 36.1 Å². The normalized spacial score (nSPS) is 22.4.